The lowest BCUT2D eigenvalue weighted by atomic mass is 10.2. The summed E-state index contributed by atoms with van der Waals surface area (Å²) in [4.78, 5) is 12.4. The molecule has 0 amide bonds. The fourth-order valence-corrected chi connectivity index (χ4v) is 1.93. The van der Waals surface area contributed by atoms with Gasteiger partial charge in [0.1, 0.15) is 0 Å². The maximum Gasteiger partial charge on any atom is 0.303 e. The molecule has 0 spiro atoms. The SMILES string of the molecule is CCCCCC=CCC=CCC=CCC=CCCCC(=O)O.CCN(C)C. The van der Waals surface area contributed by atoms with Crippen LogP contribution in [0.1, 0.15) is 78.1 Å². The van der Waals surface area contributed by atoms with Crippen LogP contribution in [0.3, 0.4) is 0 Å². The molecule has 0 aromatic heterocycles. The van der Waals surface area contributed by atoms with Gasteiger partial charge in [-0.15, -0.1) is 0 Å². The minimum atomic E-state index is -0.712. The van der Waals surface area contributed by atoms with Crippen LogP contribution >= 0.6 is 0 Å². The van der Waals surface area contributed by atoms with Crippen molar-refractivity contribution < 1.29 is 9.90 Å². The van der Waals surface area contributed by atoms with Gasteiger partial charge in [0, 0.05) is 6.42 Å². The number of carboxylic acid groups (broad SMARTS) is 1. The van der Waals surface area contributed by atoms with Gasteiger partial charge in [0.15, 0.2) is 0 Å². The Morgan fingerprint density at radius 2 is 1.15 bits per heavy atom. The molecule has 0 radical (unpaired) electrons. The molecule has 0 rings (SSSR count). The number of aliphatic carboxylic acids is 1. The molecule has 0 aliphatic rings. The zero-order valence-corrected chi connectivity index (χ0v) is 18.2. The van der Waals surface area contributed by atoms with Crippen molar-refractivity contribution in [1.29, 1.82) is 0 Å². The van der Waals surface area contributed by atoms with Crippen molar-refractivity contribution >= 4 is 5.97 Å². The first-order valence-electron chi connectivity index (χ1n) is 10.5. The molecule has 0 bridgehead atoms. The fraction of sp³-hybridized carbons (Fsp3) is 0.625. The van der Waals surface area contributed by atoms with Crippen LogP contribution in [0.25, 0.3) is 0 Å². The van der Waals surface area contributed by atoms with Gasteiger partial charge in [0.05, 0.1) is 0 Å². The van der Waals surface area contributed by atoms with Crippen LogP contribution in [0.2, 0.25) is 0 Å². The summed E-state index contributed by atoms with van der Waals surface area (Å²) in [5, 5.41) is 8.49. The second-order valence-corrected chi connectivity index (χ2v) is 6.77. The molecular formula is C24H43NO2. The summed E-state index contributed by atoms with van der Waals surface area (Å²) in [5.41, 5.74) is 0. The molecule has 3 heteroatoms. The average Bonchev–Trinajstić information content (AvgIpc) is 2.64. The zero-order chi connectivity index (χ0) is 20.6. The Balaban J connectivity index is 0. The molecule has 27 heavy (non-hydrogen) atoms. The lowest BCUT2D eigenvalue weighted by Crippen LogP contribution is -2.08. The molecule has 0 saturated carbocycles. The van der Waals surface area contributed by atoms with Crippen LogP contribution < -0.4 is 0 Å². The topological polar surface area (TPSA) is 40.5 Å². The van der Waals surface area contributed by atoms with Crippen molar-refractivity contribution in [2.24, 2.45) is 0 Å². The molecular weight excluding hydrogens is 334 g/mol. The molecule has 0 aromatic carbocycles. The highest BCUT2D eigenvalue weighted by atomic mass is 16.4. The number of nitrogens with zero attached hydrogens (tertiary/aromatic N) is 1. The van der Waals surface area contributed by atoms with E-state index in [-0.39, 0.29) is 6.42 Å². The standard InChI is InChI=1S/C20H32O2.C4H11N/c1-2-3-4-5-6-7-8-9-10-11-12-13-14-15-16-17-18-19-20(21)22;1-4-5(2)3/h6-7,9-10,12-13,15-16H,2-5,8,11,14,17-19H2,1H3,(H,21,22);4H2,1-3H3. The molecule has 1 N–H and O–H groups in total. The van der Waals surface area contributed by atoms with Gasteiger partial charge in [-0.05, 0) is 65.6 Å². The van der Waals surface area contributed by atoms with Gasteiger partial charge >= 0.3 is 5.97 Å². The van der Waals surface area contributed by atoms with Gasteiger partial charge < -0.3 is 10.0 Å². The van der Waals surface area contributed by atoms with Crippen molar-refractivity contribution in [2.75, 3.05) is 20.6 Å². The molecule has 156 valence electrons. The van der Waals surface area contributed by atoms with Crippen molar-refractivity contribution in [3.63, 3.8) is 0 Å². The zero-order valence-electron chi connectivity index (χ0n) is 18.2. The first kappa shape index (κ1) is 27.6. The Kier molecular flexibility index (Phi) is 24.9. The van der Waals surface area contributed by atoms with E-state index in [0.717, 1.165) is 38.6 Å². The number of carbonyl (C=O) groups is 1. The van der Waals surface area contributed by atoms with Gasteiger partial charge in [-0.25, -0.2) is 0 Å². The Bertz CT molecular complexity index is 420. The van der Waals surface area contributed by atoms with Crippen LogP contribution in [0.5, 0.6) is 0 Å². The largest absolute Gasteiger partial charge is 0.481 e. The number of carboxylic acids is 1. The first-order valence-corrected chi connectivity index (χ1v) is 10.5. The van der Waals surface area contributed by atoms with E-state index in [1.165, 1.54) is 25.7 Å². The molecule has 0 heterocycles. The van der Waals surface area contributed by atoms with Crippen LogP contribution in [0.4, 0.5) is 0 Å². The third-order valence-corrected chi connectivity index (χ3v) is 3.85. The lowest BCUT2D eigenvalue weighted by Gasteiger charge is -2.00. The Morgan fingerprint density at radius 1 is 0.741 bits per heavy atom. The fourth-order valence-electron chi connectivity index (χ4n) is 1.93. The molecule has 0 atom stereocenters. The van der Waals surface area contributed by atoms with E-state index in [4.69, 9.17) is 5.11 Å². The average molecular weight is 378 g/mol. The van der Waals surface area contributed by atoms with Crippen LogP contribution in [0.15, 0.2) is 48.6 Å². The molecule has 0 fully saturated rings. The number of allylic oxidation sites excluding steroid dienone is 8. The van der Waals surface area contributed by atoms with Gasteiger partial charge in [-0.1, -0.05) is 75.3 Å². The maximum atomic E-state index is 10.3. The predicted octanol–water partition coefficient (Wildman–Crippen LogP) is 6.78. The minimum Gasteiger partial charge on any atom is -0.481 e. The van der Waals surface area contributed by atoms with Crippen LogP contribution in [-0.4, -0.2) is 36.6 Å². The number of hydrogen-bond acceptors (Lipinski definition) is 2. The normalized spacial score (nSPS) is 11.9. The third kappa shape index (κ3) is 32.5. The number of unbranched alkanes of at least 4 members (excludes halogenated alkanes) is 4. The summed E-state index contributed by atoms with van der Waals surface area (Å²) in [5.74, 6) is -0.712. The molecule has 0 saturated heterocycles. The van der Waals surface area contributed by atoms with E-state index in [1.807, 2.05) is 0 Å². The summed E-state index contributed by atoms with van der Waals surface area (Å²) < 4.78 is 0. The Labute approximate surface area is 168 Å². The van der Waals surface area contributed by atoms with Crippen LogP contribution in [-0.2, 0) is 4.79 Å². The summed E-state index contributed by atoms with van der Waals surface area (Å²) in [7, 11) is 4.11. The summed E-state index contributed by atoms with van der Waals surface area (Å²) in [6.07, 6.45) is 27.3. The number of rotatable bonds is 15. The van der Waals surface area contributed by atoms with Gasteiger partial charge in [-0.2, -0.15) is 0 Å². The third-order valence-electron chi connectivity index (χ3n) is 3.85. The van der Waals surface area contributed by atoms with Crippen LogP contribution in [0, 0.1) is 0 Å². The monoisotopic (exact) mass is 377 g/mol. The van der Waals surface area contributed by atoms with Crippen molar-refractivity contribution in [1.82, 2.24) is 4.90 Å². The van der Waals surface area contributed by atoms with E-state index < -0.39 is 5.97 Å². The predicted molar refractivity (Wildman–Crippen MR) is 120 cm³/mol. The molecule has 0 unspecified atom stereocenters. The highest BCUT2D eigenvalue weighted by molar-refractivity contribution is 5.66. The summed E-state index contributed by atoms with van der Waals surface area (Å²) in [6, 6.07) is 0. The van der Waals surface area contributed by atoms with E-state index in [0.29, 0.717) is 0 Å². The highest BCUT2D eigenvalue weighted by Crippen LogP contribution is 2.01. The van der Waals surface area contributed by atoms with Gasteiger partial charge in [-0.3, -0.25) is 4.79 Å². The number of hydrogen-bond donors (Lipinski definition) is 1. The van der Waals surface area contributed by atoms with E-state index in [9.17, 15) is 4.79 Å². The Morgan fingerprint density at radius 3 is 1.52 bits per heavy atom. The second kappa shape index (κ2) is 24.4. The molecule has 0 aliphatic carbocycles. The first-order chi connectivity index (χ1) is 13.0. The lowest BCUT2D eigenvalue weighted by molar-refractivity contribution is -0.137. The summed E-state index contributed by atoms with van der Waals surface area (Å²) >= 11 is 0. The highest BCUT2D eigenvalue weighted by Gasteiger charge is 1.92. The Hall–Kier alpha value is -1.61. The van der Waals surface area contributed by atoms with E-state index >= 15 is 0 Å². The van der Waals surface area contributed by atoms with E-state index in [2.05, 4.69) is 81.5 Å². The van der Waals surface area contributed by atoms with Crippen molar-refractivity contribution in [3.8, 4) is 0 Å². The smallest absolute Gasteiger partial charge is 0.303 e. The minimum absolute atomic E-state index is 0.262. The van der Waals surface area contributed by atoms with Crippen molar-refractivity contribution in [2.45, 2.75) is 78.1 Å². The van der Waals surface area contributed by atoms with Gasteiger partial charge in [0.2, 0.25) is 0 Å². The molecule has 0 aliphatic heterocycles. The summed E-state index contributed by atoms with van der Waals surface area (Å²) in [6.45, 7) is 5.50. The second-order valence-electron chi connectivity index (χ2n) is 6.77. The van der Waals surface area contributed by atoms with E-state index in [1.54, 1.807) is 0 Å². The quantitative estimate of drug-likeness (QED) is 0.252. The maximum absolute atomic E-state index is 10.3. The van der Waals surface area contributed by atoms with Crippen molar-refractivity contribution in [3.05, 3.63) is 48.6 Å². The molecule has 3 nitrogen and oxygen atoms in total. The molecule has 0 aromatic rings. The van der Waals surface area contributed by atoms with Gasteiger partial charge in [0.25, 0.3) is 0 Å².